The lowest BCUT2D eigenvalue weighted by Crippen LogP contribution is -2.37. The van der Waals surface area contributed by atoms with E-state index in [0.29, 0.717) is 36.1 Å². The molecule has 0 bridgehead atoms. The molecule has 1 aromatic rings. The number of allylic oxidation sites excluding steroid dienone is 1. The van der Waals surface area contributed by atoms with Crippen molar-refractivity contribution in [1.29, 1.82) is 0 Å². The van der Waals surface area contributed by atoms with Crippen LogP contribution in [-0.4, -0.2) is 32.0 Å². The lowest BCUT2D eigenvalue weighted by Gasteiger charge is -2.37. The third-order valence-electron chi connectivity index (χ3n) is 5.75. The Kier molecular flexibility index (Phi) is 8.33. The summed E-state index contributed by atoms with van der Waals surface area (Å²) in [5.41, 5.74) is 1.74. The van der Waals surface area contributed by atoms with Gasteiger partial charge in [-0.3, -0.25) is 9.59 Å². The van der Waals surface area contributed by atoms with Crippen LogP contribution in [-0.2, 0) is 4.79 Å². The van der Waals surface area contributed by atoms with E-state index in [1.807, 2.05) is 12.1 Å². The number of benzene rings is 1. The number of para-hydroxylation sites is 1. The number of nitrogens with one attached hydrogen (secondary N) is 2. The van der Waals surface area contributed by atoms with Gasteiger partial charge >= 0.3 is 0 Å². The van der Waals surface area contributed by atoms with E-state index in [2.05, 4.69) is 43.4 Å². The van der Waals surface area contributed by atoms with E-state index in [4.69, 9.17) is 11.2 Å². The molecule has 3 unspecified atom stereocenters. The molecule has 1 aliphatic carbocycles. The van der Waals surface area contributed by atoms with E-state index < -0.39 is 0 Å². The molecular weight excluding hydrogens is 364 g/mol. The number of ether oxygens (including phenoxy) is 1. The SMILES string of the molecule is C#CCNC(=O)CC1CC(C(C)C)C(CNC(=O)c2ccccc2OC)C=C1C. The summed E-state index contributed by atoms with van der Waals surface area (Å²) in [5, 5.41) is 5.82. The summed E-state index contributed by atoms with van der Waals surface area (Å²) in [7, 11) is 1.56. The van der Waals surface area contributed by atoms with Crippen molar-refractivity contribution in [3.8, 4) is 18.1 Å². The Morgan fingerprint density at radius 1 is 1.28 bits per heavy atom. The van der Waals surface area contributed by atoms with Gasteiger partial charge in [-0.2, -0.15) is 0 Å². The van der Waals surface area contributed by atoms with Gasteiger partial charge in [0.15, 0.2) is 0 Å². The van der Waals surface area contributed by atoms with Crippen molar-refractivity contribution in [2.75, 3.05) is 20.2 Å². The van der Waals surface area contributed by atoms with Gasteiger partial charge in [0, 0.05) is 13.0 Å². The Morgan fingerprint density at radius 2 is 2.00 bits per heavy atom. The molecule has 5 heteroatoms. The van der Waals surface area contributed by atoms with Crippen LogP contribution in [0.4, 0.5) is 0 Å². The molecule has 0 aliphatic heterocycles. The Bertz CT molecular complexity index is 792. The van der Waals surface area contributed by atoms with Crippen LogP contribution in [0.2, 0.25) is 0 Å². The molecular formula is C24H32N2O3. The van der Waals surface area contributed by atoms with Crippen LogP contribution in [0.3, 0.4) is 0 Å². The molecule has 0 saturated carbocycles. The van der Waals surface area contributed by atoms with Crippen molar-refractivity contribution in [1.82, 2.24) is 10.6 Å². The van der Waals surface area contributed by atoms with Crippen LogP contribution in [0.5, 0.6) is 5.75 Å². The van der Waals surface area contributed by atoms with E-state index in [9.17, 15) is 9.59 Å². The molecule has 2 amide bonds. The topological polar surface area (TPSA) is 67.4 Å². The number of hydrogen-bond donors (Lipinski definition) is 2. The van der Waals surface area contributed by atoms with E-state index in [-0.39, 0.29) is 30.2 Å². The monoisotopic (exact) mass is 396 g/mol. The minimum absolute atomic E-state index is 0.00821. The minimum Gasteiger partial charge on any atom is -0.496 e. The van der Waals surface area contributed by atoms with Crippen LogP contribution < -0.4 is 15.4 Å². The molecule has 156 valence electrons. The normalized spacial score (nSPS) is 21.1. The summed E-state index contributed by atoms with van der Waals surface area (Å²) in [6, 6.07) is 7.22. The number of rotatable bonds is 8. The summed E-state index contributed by atoms with van der Waals surface area (Å²) < 4.78 is 5.29. The first kappa shape index (κ1) is 22.5. The lowest BCUT2D eigenvalue weighted by molar-refractivity contribution is -0.121. The van der Waals surface area contributed by atoms with Gasteiger partial charge in [0.05, 0.1) is 19.2 Å². The van der Waals surface area contributed by atoms with Crippen LogP contribution in [0, 0.1) is 36.0 Å². The molecule has 2 N–H and O–H groups in total. The van der Waals surface area contributed by atoms with Crippen LogP contribution in [0.1, 0.15) is 44.0 Å². The molecule has 0 heterocycles. The molecule has 5 nitrogen and oxygen atoms in total. The zero-order chi connectivity index (χ0) is 21.4. The van der Waals surface area contributed by atoms with E-state index in [1.165, 1.54) is 5.57 Å². The fourth-order valence-corrected chi connectivity index (χ4v) is 4.09. The highest BCUT2D eigenvalue weighted by Crippen LogP contribution is 2.38. The van der Waals surface area contributed by atoms with Crippen LogP contribution >= 0.6 is 0 Å². The number of carbonyl (C=O) groups excluding carboxylic acids is 2. The van der Waals surface area contributed by atoms with E-state index in [0.717, 1.165) is 6.42 Å². The fourth-order valence-electron chi connectivity index (χ4n) is 4.09. The minimum atomic E-state index is -0.133. The highest BCUT2D eigenvalue weighted by atomic mass is 16.5. The van der Waals surface area contributed by atoms with Crippen molar-refractivity contribution in [2.45, 2.75) is 33.6 Å². The summed E-state index contributed by atoms with van der Waals surface area (Å²) in [5.74, 6) is 4.15. The average Bonchev–Trinajstić information content (AvgIpc) is 2.71. The third-order valence-corrected chi connectivity index (χ3v) is 5.75. The predicted octanol–water partition coefficient (Wildman–Crippen LogP) is 3.42. The van der Waals surface area contributed by atoms with Crippen molar-refractivity contribution in [3.05, 3.63) is 41.5 Å². The Morgan fingerprint density at radius 3 is 2.66 bits per heavy atom. The summed E-state index contributed by atoms with van der Waals surface area (Å²) in [6.07, 6.45) is 8.83. The molecule has 0 saturated heterocycles. The van der Waals surface area contributed by atoms with Crippen molar-refractivity contribution >= 4 is 11.8 Å². The van der Waals surface area contributed by atoms with Gasteiger partial charge in [-0.15, -0.1) is 6.42 Å². The molecule has 1 aromatic carbocycles. The van der Waals surface area contributed by atoms with Gasteiger partial charge in [0.25, 0.3) is 5.91 Å². The molecule has 0 spiro atoms. The standard InChI is InChI=1S/C24H32N2O3/c1-6-11-25-23(27)14-18-13-21(16(2)3)19(12-17(18)4)15-26-24(28)20-9-7-8-10-22(20)29-5/h1,7-10,12,16,18-19,21H,11,13-15H2,2-5H3,(H,25,27)(H,26,28). The second kappa shape index (κ2) is 10.7. The van der Waals surface area contributed by atoms with Gasteiger partial charge in [-0.25, -0.2) is 0 Å². The number of methoxy groups -OCH3 is 1. The lowest BCUT2D eigenvalue weighted by atomic mass is 9.69. The quantitative estimate of drug-likeness (QED) is 0.523. The summed E-state index contributed by atoms with van der Waals surface area (Å²) in [6.45, 7) is 7.30. The predicted molar refractivity (Wildman–Crippen MR) is 115 cm³/mol. The average molecular weight is 397 g/mol. The summed E-state index contributed by atoms with van der Waals surface area (Å²) in [4.78, 5) is 24.8. The number of carbonyl (C=O) groups is 2. The smallest absolute Gasteiger partial charge is 0.255 e. The highest BCUT2D eigenvalue weighted by Gasteiger charge is 2.32. The number of terminal acetylenes is 1. The van der Waals surface area contributed by atoms with Gasteiger partial charge < -0.3 is 15.4 Å². The van der Waals surface area contributed by atoms with Crippen molar-refractivity contribution in [2.24, 2.45) is 23.7 Å². The largest absolute Gasteiger partial charge is 0.496 e. The van der Waals surface area contributed by atoms with E-state index in [1.54, 1.807) is 19.2 Å². The first-order chi connectivity index (χ1) is 13.9. The molecule has 29 heavy (non-hydrogen) atoms. The Balaban J connectivity index is 2.06. The maximum absolute atomic E-state index is 12.7. The maximum Gasteiger partial charge on any atom is 0.255 e. The van der Waals surface area contributed by atoms with E-state index >= 15 is 0 Å². The molecule has 0 aromatic heterocycles. The van der Waals surface area contributed by atoms with Gasteiger partial charge in [0.1, 0.15) is 5.75 Å². The van der Waals surface area contributed by atoms with Crippen LogP contribution in [0.15, 0.2) is 35.9 Å². The second-order valence-electron chi connectivity index (χ2n) is 8.01. The Labute approximate surface area is 174 Å². The van der Waals surface area contributed by atoms with Gasteiger partial charge in [-0.05, 0) is 49.1 Å². The Hall–Kier alpha value is -2.74. The molecule has 3 atom stereocenters. The fraction of sp³-hybridized carbons (Fsp3) is 0.500. The highest BCUT2D eigenvalue weighted by molar-refractivity contribution is 5.96. The van der Waals surface area contributed by atoms with Gasteiger partial charge in [-0.1, -0.05) is 43.5 Å². The number of hydrogen-bond acceptors (Lipinski definition) is 3. The zero-order valence-corrected chi connectivity index (χ0v) is 17.8. The number of amides is 2. The first-order valence-corrected chi connectivity index (χ1v) is 10.2. The van der Waals surface area contributed by atoms with Crippen LogP contribution in [0.25, 0.3) is 0 Å². The molecule has 1 aliphatic rings. The zero-order valence-electron chi connectivity index (χ0n) is 17.8. The summed E-state index contributed by atoms with van der Waals surface area (Å²) >= 11 is 0. The molecule has 2 rings (SSSR count). The van der Waals surface area contributed by atoms with Crippen molar-refractivity contribution in [3.63, 3.8) is 0 Å². The van der Waals surface area contributed by atoms with Crippen molar-refractivity contribution < 1.29 is 14.3 Å². The first-order valence-electron chi connectivity index (χ1n) is 10.2. The third kappa shape index (κ3) is 6.12. The second-order valence-corrected chi connectivity index (χ2v) is 8.01. The molecule has 0 fully saturated rings. The maximum atomic E-state index is 12.7. The molecule has 0 radical (unpaired) electrons. The van der Waals surface area contributed by atoms with Gasteiger partial charge in [0.2, 0.25) is 5.91 Å².